The summed E-state index contributed by atoms with van der Waals surface area (Å²) in [6, 6.07) is 6.66. The standard InChI is InChI=1S/C13H20O3/c1-9(2)7-12(15)13(16)8-10-3-5-11(14)6-4-10/h3-6,9,12-16H,7-8H2,1-2H3/t12-,13-/m1/s1. The lowest BCUT2D eigenvalue weighted by molar-refractivity contribution is 0.00815. The molecule has 3 N–H and O–H groups in total. The Bertz CT molecular complexity index is 305. The molecule has 0 saturated heterocycles. The van der Waals surface area contributed by atoms with Crippen molar-refractivity contribution in [1.82, 2.24) is 0 Å². The van der Waals surface area contributed by atoms with Crippen LogP contribution in [0.15, 0.2) is 24.3 Å². The number of aromatic hydroxyl groups is 1. The topological polar surface area (TPSA) is 60.7 Å². The number of rotatable bonds is 5. The second-order valence-corrected chi connectivity index (χ2v) is 4.63. The smallest absolute Gasteiger partial charge is 0.115 e. The molecule has 1 aromatic carbocycles. The Morgan fingerprint density at radius 2 is 1.56 bits per heavy atom. The summed E-state index contributed by atoms with van der Waals surface area (Å²) in [5.41, 5.74) is 0.910. The van der Waals surface area contributed by atoms with E-state index in [1.807, 2.05) is 13.8 Å². The minimum absolute atomic E-state index is 0.209. The van der Waals surface area contributed by atoms with Gasteiger partial charge in [-0.2, -0.15) is 0 Å². The van der Waals surface area contributed by atoms with Crippen molar-refractivity contribution in [2.75, 3.05) is 0 Å². The first-order chi connectivity index (χ1) is 7.49. The fraction of sp³-hybridized carbons (Fsp3) is 0.538. The van der Waals surface area contributed by atoms with Gasteiger partial charge in [-0.25, -0.2) is 0 Å². The van der Waals surface area contributed by atoms with Crippen molar-refractivity contribution in [3.63, 3.8) is 0 Å². The molecule has 0 spiro atoms. The maximum atomic E-state index is 9.78. The van der Waals surface area contributed by atoms with Crippen LogP contribution in [0.1, 0.15) is 25.8 Å². The van der Waals surface area contributed by atoms with E-state index in [2.05, 4.69) is 0 Å². The molecule has 0 fully saturated rings. The fourth-order valence-electron chi connectivity index (χ4n) is 1.65. The molecular weight excluding hydrogens is 204 g/mol. The Balaban J connectivity index is 2.50. The van der Waals surface area contributed by atoms with Gasteiger partial charge in [0.1, 0.15) is 5.75 Å². The van der Waals surface area contributed by atoms with Crippen molar-refractivity contribution in [3.8, 4) is 5.75 Å². The second-order valence-electron chi connectivity index (χ2n) is 4.63. The molecule has 1 aromatic rings. The molecule has 16 heavy (non-hydrogen) atoms. The van der Waals surface area contributed by atoms with Gasteiger partial charge in [0.2, 0.25) is 0 Å². The van der Waals surface area contributed by atoms with Crippen LogP contribution in [0.5, 0.6) is 5.75 Å². The maximum Gasteiger partial charge on any atom is 0.115 e. The molecule has 0 heterocycles. The zero-order valence-corrected chi connectivity index (χ0v) is 9.80. The molecule has 2 atom stereocenters. The van der Waals surface area contributed by atoms with Crippen LogP contribution in [0.2, 0.25) is 0 Å². The zero-order valence-electron chi connectivity index (χ0n) is 9.80. The quantitative estimate of drug-likeness (QED) is 0.713. The van der Waals surface area contributed by atoms with E-state index in [1.54, 1.807) is 24.3 Å². The number of hydrogen-bond donors (Lipinski definition) is 3. The Hall–Kier alpha value is -1.06. The molecule has 90 valence electrons. The number of aliphatic hydroxyl groups is 2. The molecule has 0 radical (unpaired) electrons. The van der Waals surface area contributed by atoms with Gasteiger partial charge < -0.3 is 15.3 Å². The summed E-state index contributed by atoms with van der Waals surface area (Å²) in [4.78, 5) is 0. The monoisotopic (exact) mass is 224 g/mol. The molecule has 0 aliphatic rings. The first-order valence-electron chi connectivity index (χ1n) is 5.63. The van der Waals surface area contributed by atoms with Crippen LogP contribution in [-0.2, 0) is 6.42 Å². The van der Waals surface area contributed by atoms with E-state index in [1.165, 1.54) is 0 Å². The summed E-state index contributed by atoms with van der Waals surface area (Å²) < 4.78 is 0. The van der Waals surface area contributed by atoms with Gasteiger partial charge in [0.25, 0.3) is 0 Å². The van der Waals surface area contributed by atoms with Crippen molar-refractivity contribution in [2.45, 2.75) is 38.9 Å². The summed E-state index contributed by atoms with van der Waals surface area (Å²) in [5, 5.41) is 28.6. The zero-order chi connectivity index (χ0) is 12.1. The second kappa shape index (κ2) is 5.87. The van der Waals surface area contributed by atoms with Crippen LogP contribution in [0.25, 0.3) is 0 Å². The summed E-state index contributed by atoms with van der Waals surface area (Å²) in [5.74, 6) is 0.574. The SMILES string of the molecule is CC(C)C[C@@H](O)[C@H](O)Cc1ccc(O)cc1. The molecule has 0 saturated carbocycles. The molecule has 0 unspecified atom stereocenters. The highest BCUT2D eigenvalue weighted by molar-refractivity contribution is 5.26. The van der Waals surface area contributed by atoms with Gasteiger partial charge in [0.15, 0.2) is 0 Å². The van der Waals surface area contributed by atoms with Crippen LogP contribution in [0, 0.1) is 5.92 Å². The van der Waals surface area contributed by atoms with Gasteiger partial charge in [-0.15, -0.1) is 0 Å². The van der Waals surface area contributed by atoms with Crippen molar-refractivity contribution in [3.05, 3.63) is 29.8 Å². The lowest BCUT2D eigenvalue weighted by atomic mass is 9.97. The lowest BCUT2D eigenvalue weighted by Crippen LogP contribution is -2.29. The lowest BCUT2D eigenvalue weighted by Gasteiger charge is -2.19. The number of phenols is 1. The summed E-state index contributed by atoms with van der Waals surface area (Å²) in [6.45, 7) is 4.02. The molecular formula is C13H20O3. The molecule has 0 aliphatic heterocycles. The number of benzene rings is 1. The van der Waals surface area contributed by atoms with Gasteiger partial charge in [0, 0.05) is 6.42 Å². The Labute approximate surface area is 96.4 Å². The van der Waals surface area contributed by atoms with Gasteiger partial charge in [0.05, 0.1) is 12.2 Å². The van der Waals surface area contributed by atoms with E-state index >= 15 is 0 Å². The van der Waals surface area contributed by atoms with Gasteiger partial charge in [-0.1, -0.05) is 26.0 Å². The van der Waals surface area contributed by atoms with E-state index in [4.69, 9.17) is 5.11 Å². The van der Waals surface area contributed by atoms with E-state index in [-0.39, 0.29) is 5.75 Å². The van der Waals surface area contributed by atoms with E-state index in [0.717, 1.165) is 5.56 Å². The minimum Gasteiger partial charge on any atom is -0.508 e. The summed E-state index contributed by atoms with van der Waals surface area (Å²) >= 11 is 0. The third-order valence-corrected chi connectivity index (χ3v) is 2.54. The minimum atomic E-state index is -0.744. The highest BCUT2D eigenvalue weighted by Gasteiger charge is 2.17. The maximum absolute atomic E-state index is 9.78. The van der Waals surface area contributed by atoms with Crippen LogP contribution in [-0.4, -0.2) is 27.5 Å². The molecule has 1 rings (SSSR count). The molecule has 0 aliphatic carbocycles. The third-order valence-electron chi connectivity index (χ3n) is 2.54. The third kappa shape index (κ3) is 4.21. The summed E-state index contributed by atoms with van der Waals surface area (Å²) in [7, 11) is 0. The molecule has 3 heteroatoms. The average molecular weight is 224 g/mol. The molecule has 0 amide bonds. The number of aliphatic hydroxyl groups excluding tert-OH is 2. The fourth-order valence-corrected chi connectivity index (χ4v) is 1.65. The van der Waals surface area contributed by atoms with Crippen molar-refractivity contribution < 1.29 is 15.3 Å². The molecule has 0 bridgehead atoms. The van der Waals surface area contributed by atoms with Crippen molar-refractivity contribution >= 4 is 0 Å². The predicted octanol–water partition coefficient (Wildman–Crippen LogP) is 1.70. The highest BCUT2D eigenvalue weighted by Crippen LogP contribution is 2.15. The Morgan fingerprint density at radius 1 is 1.00 bits per heavy atom. The van der Waals surface area contributed by atoms with Crippen LogP contribution >= 0.6 is 0 Å². The largest absolute Gasteiger partial charge is 0.508 e. The first kappa shape index (κ1) is 13.0. The normalized spacial score (nSPS) is 15.1. The van der Waals surface area contributed by atoms with Crippen LogP contribution in [0.3, 0.4) is 0 Å². The number of phenolic OH excluding ortho intramolecular Hbond substituents is 1. The Kier molecular flexibility index (Phi) is 4.77. The van der Waals surface area contributed by atoms with E-state index in [9.17, 15) is 10.2 Å². The van der Waals surface area contributed by atoms with E-state index in [0.29, 0.717) is 18.8 Å². The highest BCUT2D eigenvalue weighted by atomic mass is 16.3. The van der Waals surface area contributed by atoms with Gasteiger partial charge >= 0.3 is 0 Å². The summed E-state index contributed by atoms with van der Waals surface area (Å²) in [6.07, 6.45) is -0.423. The molecule has 0 aromatic heterocycles. The van der Waals surface area contributed by atoms with Crippen molar-refractivity contribution in [1.29, 1.82) is 0 Å². The van der Waals surface area contributed by atoms with Crippen molar-refractivity contribution in [2.24, 2.45) is 5.92 Å². The first-order valence-corrected chi connectivity index (χ1v) is 5.63. The van der Waals surface area contributed by atoms with Gasteiger partial charge in [-0.05, 0) is 30.0 Å². The van der Waals surface area contributed by atoms with Crippen LogP contribution in [0.4, 0.5) is 0 Å². The average Bonchev–Trinajstić information content (AvgIpc) is 2.20. The Morgan fingerprint density at radius 3 is 2.06 bits per heavy atom. The number of hydrogen-bond acceptors (Lipinski definition) is 3. The van der Waals surface area contributed by atoms with E-state index < -0.39 is 12.2 Å². The predicted molar refractivity (Wildman–Crippen MR) is 63.3 cm³/mol. The molecule has 3 nitrogen and oxygen atoms in total. The van der Waals surface area contributed by atoms with Crippen LogP contribution < -0.4 is 0 Å². The van der Waals surface area contributed by atoms with Gasteiger partial charge in [-0.3, -0.25) is 0 Å².